The molecule has 1 aromatic heterocycles. The summed E-state index contributed by atoms with van der Waals surface area (Å²) in [7, 11) is -3.54. The number of carbonyl (C=O) groups excluding carboxylic acids is 1. The van der Waals surface area contributed by atoms with Gasteiger partial charge in [0.1, 0.15) is 5.82 Å². The zero-order chi connectivity index (χ0) is 22.7. The zero-order valence-corrected chi connectivity index (χ0v) is 19.6. The Labute approximate surface area is 190 Å². The number of aromatic nitrogens is 1. The molecule has 0 bridgehead atoms. The lowest BCUT2D eigenvalue weighted by Crippen LogP contribution is -2.41. The predicted molar refractivity (Wildman–Crippen MR) is 126 cm³/mol. The Bertz CT molecular complexity index is 1020. The Morgan fingerprint density at radius 1 is 1.00 bits per heavy atom. The number of anilines is 2. The first kappa shape index (κ1) is 22.7. The van der Waals surface area contributed by atoms with Gasteiger partial charge in [-0.15, -0.1) is 0 Å². The Morgan fingerprint density at radius 2 is 1.66 bits per heavy atom. The van der Waals surface area contributed by atoms with Crippen LogP contribution in [0.5, 0.6) is 0 Å². The van der Waals surface area contributed by atoms with Crippen LogP contribution in [0.4, 0.5) is 11.5 Å². The van der Waals surface area contributed by atoms with Crippen molar-refractivity contribution in [3.05, 3.63) is 48.2 Å². The van der Waals surface area contributed by atoms with Crippen LogP contribution in [-0.2, 0) is 14.8 Å². The van der Waals surface area contributed by atoms with E-state index in [-0.39, 0.29) is 11.8 Å². The molecule has 2 fully saturated rings. The number of hydrogen-bond donors (Lipinski definition) is 1. The van der Waals surface area contributed by atoms with Crippen molar-refractivity contribution in [2.45, 2.75) is 50.3 Å². The maximum absolute atomic E-state index is 13.0. The van der Waals surface area contributed by atoms with Crippen LogP contribution in [-0.4, -0.2) is 49.8 Å². The molecule has 32 heavy (non-hydrogen) atoms. The molecule has 0 spiro atoms. The first-order valence-electron chi connectivity index (χ1n) is 11.5. The van der Waals surface area contributed by atoms with Gasteiger partial charge in [0.25, 0.3) is 0 Å². The predicted octanol–water partition coefficient (Wildman–Crippen LogP) is 3.84. The van der Waals surface area contributed by atoms with E-state index in [9.17, 15) is 13.2 Å². The van der Waals surface area contributed by atoms with Gasteiger partial charge in [0.05, 0.1) is 16.8 Å². The van der Waals surface area contributed by atoms with Gasteiger partial charge in [0, 0.05) is 32.1 Å². The molecule has 172 valence electrons. The second-order valence-electron chi connectivity index (χ2n) is 8.99. The number of benzene rings is 1. The highest BCUT2D eigenvalue weighted by Gasteiger charge is 2.32. The lowest BCUT2D eigenvalue weighted by molar-refractivity contribution is -0.120. The molecule has 3 heterocycles. The van der Waals surface area contributed by atoms with Crippen molar-refractivity contribution in [2.75, 3.05) is 36.4 Å². The summed E-state index contributed by atoms with van der Waals surface area (Å²) in [6.45, 7) is 6.91. The third-order valence-electron chi connectivity index (χ3n) is 6.45. The van der Waals surface area contributed by atoms with Crippen molar-refractivity contribution < 1.29 is 13.2 Å². The van der Waals surface area contributed by atoms with Gasteiger partial charge in [-0.05, 0) is 61.4 Å². The Hall–Kier alpha value is -2.45. The van der Waals surface area contributed by atoms with Crippen LogP contribution in [0.2, 0.25) is 0 Å². The third-order valence-corrected chi connectivity index (χ3v) is 8.37. The smallest absolute Gasteiger partial charge is 0.243 e. The molecule has 8 heteroatoms. The number of amides is 1. The number of rotatable bonds is 6. The molecular weight excluding hydrogens is 424 g/mol. The van der Waals surface area contributed by atoms with E-state index in [1.165, 1.54) is 17.1 Å². The number of pyridine rings is 1. The van der Waals surface area contributed by atoms with Crippen molar-refractivity contribution >= 4 is 27.4 Å². The molecule has 1 aromatic carbocycles. The van der Waals surface area contributed by atoms with Gasteiger partial charge in [-0.1, -0.05) is 26.0 Å². The molecule has 2 aromatic rings. The zero-order valence-electron chi connectivity index (χ0n) is 18.8. The summed E-state index contributed by atoms with van der Waals surface area (Å²) in [4.78, 5) is 19.8. The molecular formula is C24H32N4O3S. The number of hydrogen-bond acceptors (Lipinski definition) is 5. The first-order chi connectivity index (χ1) is 15.3. The molecule has 2 saturated heterocycles. The van der Waals surface area contributed by atoms with Crippen molar-refractivity contribution in [3.8, 4) is 0 Å². The van der Waals surface area contributed by atoms with Crippen LogP contribution >= 0.6 is 0 Å². The maximum atomic E-state index is 13.0. The highest BCUT2D eigenvalue weighted by molar-refractivity contribution is 7.89. The number of piperidine rings is 1. The minimum atomic E-state index is -3.54. The van der Waals surface area contributed by atoms with Crippen LogP contribution in [0.1, 0.15) is 51.0 Å². The minimum Gasteiger partial charge on any atom is -0.357 e. The monoisotopic (exact) mass is 456 g/mol. The molecule has 0 radical (unpaired) electrons. The molecule has 7 nitrogen and oxygen atoms in total. The Morgan fingerprint density at radius 3 is 2.22 bits per heavy atom. The summed E-state index contributed by atoms with van der Waals surface area (Å²) >= 11 is 0. The van der Waals surface area contributed by atoms with Crippen molar-refractivity contribution in [1.29, 1.82) is 0 Å². The van der Waals surface area contributed by atoms with E-state index in [2.05, 4.69) is 29.0 Å². The summed E-state index contributed by atoms with van der Waals surface area (Å²) in [5.74, 6) is 1.02. The average molecular weight is 457 g/mol. The highest BCUT2D eigenvalue weighted by atomic mass is 32.2. The minimum absolute atomic E-state index is 0.0703. The fraction of sp³-hybridized carbons (Fsp3) is 0.500. The summed E-state index contributed by atoms with van der Waals surface area (Å²) in [5, 5.41) is 2.94. The molecule has 1 amide bonds. The van der Waals surface area contributed by atoms with Crippen LogP contribution in [0.25, 0.3) is 0 Å². The van der Waals surface area contributed by atoms with Gasteiger partial charge in [-0.25, -0.2) is 13.4 Å². The van der Waals surface area contributed by atoms with Crippen molar-refractivity contribution in [3.63, 3.8) is 0 Å². The average Bonchev–Trinajstić information content (AvgIpc) is 3.35. The largest absolute Gasteiger partial charge is 0.357 e. The normalized spacial score (nSPS) is 18.3. The number of sulfonamides is 1. The van der Waals surface area contributed by atoms with Gasteiger partial charge >= 0.3 is 0 Å². The van der Waals surface area contributed by atoms with Gasteiger partial charge < -0.3 is 10.2 Å². The van der Waals surface area contributed by atoms with E-state index in [0.717, 1.165) is 24.5 Å². The van der Waals surface area contributed by atoms with E-state index in [0.29, 0.717) is 42.4 Å². The molecule has 0 aliphatic carbocycles. The van der Waals surface area contributed by atoms with Crippen LogP contribution in [0.15, 0.2) is 47.5 Å². The highest BCUT2D eigenvalue weighted by Crippen LogP contribution is 2.26. The fourth-order valence-electron chi connectivity index (χ4n) is 4.37. The van der Waals surface area contributed by atoms with Crippen LogP contribution < -0.4 is 10.2 Å². The van der Waals surface area contributed by atoms with Gasteiger partial charge in [-0.2, -0.15) is 4.31 Å². The second-order valence-corrected chi connectivity index (χ2v) is 10.9. The molecule has 2 aliphatic rings. The third kappa shape index (κ3) is 4.96. The second kappa shape index (κ2) is 9.58. The Balaban J connectivity index is 1.32. The number of nitrogens with one attached hydrogen (secondary N) is 1. The molecule has 1 N–H and O–H groups in total. The lowest BCUT2D eigenvalue weighted by atomic mass is 9.97. The summed E-state index contributed by atoms with van der Waals surface area (Å²) in [6.07, 6.45) is 5.10. The molecule has 0 saturated carbocycles. The number of carbonyl (C=O) groups is 1. The van der Waals surface area contributed by atoms with E-state index in [4.69, 9.17) is 0 Å². The van der Waals surface area contributed by atoms with E-state index in [1.807, 2.05) is 24.3 Å². The quantitative estimate of drug-likeness (QED) is 0.714. The topological polar surface area (TPSA) is 82.6 Å². The molecule has 2 aliphatic heterocycles. The molecule has 0 unspecified atom stereocenters. The van der Waals surface area contributed by atoms with Crippen molar-refractivity contribution in [1.82, 2.24) is 9.29 Å². The summed E-state index contributed by atoms with van der Waals surface area (Å²) in [5.41, 5.74) is 1.79. The SMILES string of the molecule is CC(C)c1ccc(S(=O)(=O)N2CCC(C(=O)Nc3ccc(N4CCCC4)nc3)CC2)cc1. The van der Waals surface area contributed by atoms with Gasteiger partial charge in [-0.3, -0.25) is 4.79 Å². The standard InChI is InChI=1S/C24H32N4O3S/c1-18(2)19-5-8-22(9-6-19)32(30,31)28-15-11-20(12-16-28)24(29)26-21-7-10-23(25-17-21)27-13-3-4-14-27/h5-10,17-18,20H,3-4,11-16H2,1-2H3,(H,26,29). The molecule has 0 atom stereocenters. The van der Waals surface area contributed by atoms with E-state index < -0.39 is 10.0 Å². The maximum Gasteiger partial charge on any atom is 0.243 e. The first-order valence-corrected chi connectivity index (χ1v) is 12.9. The van der Waals surface area contributed by atoms with Crippen molar-refractivity contribution in [2.24, 2.45) is 5.92 Å². The lowest BCUT2D eigenvalue weighted by Gasteiger charge is -2.30. The van der Waals surface area contributed by atoms with Crippen LogP contribution in [0, 0.1) is 5.92 Å². The molecule has 4 rings (SSSR count). The van der Waals surface area contributed by atoms with E-state index in [1.54, 1.807) is 18.3 Å². The van der Waals surface area contributed by atoms with E-state index >= 15 is 0 Å². The van der Waals surface area contributed by atoms with Gasteiger partial charge in [0.15, 0.2) is 0 Å². The van der Waals surface area contributed by atoms with Crippen LogP contribution in [0.3, 0.4) is 0 Å². The summed E-state index contributed by atoms with van der Waals surface area (Å²) < 4.78 is 27.5. The van der Waals surface area contributed by atoms with Gasteiger partial charge in [0.2, 0.25) is 15.9 Å². The fourth-order valence-corrected chi connectivity index (χ4v) is 5.84. The number of nitrogens with zero attached hydrogens (tertiary/aromatic N) is 3. The summed E-state index contributed by atoms with van der Waals surface area (Å²) in [6, 6.07) is 11.0. The Kier molecular flexibility index (Phi) is 6.81.